The average Bonchev–Trinajstić information content (AvgIpc) is 2.77. The number of aromatic nitrogens is 2. The number of hydrogen-bond acceptors (Lipinski definition) is 2. The van der Waals surface area contributed by atoms with Gasteiger partial charge in [-0.15, -0.1) is 0 Å². The molecule has 3 nitrogen and oxygen atoms in total. The maximum atomic E-state index is 4.44. The summed E-state index contributed by atoms with van der Waals surface area (Å²) in [5.41, 5.74) is 2.48. The van der Waals surface area contributed by atoms with E-state index in [0.717, 1.165) is 29.0 Å². The van der Waals surface area contributed by atoms with Gasteiger partial charge in [0.25, 0.3) is 0 Å². The van der Waals surface area contributed by atoms with E-state index in [1.807, 2.05) is 18.3 Å². The van der Waals surface area contributed by atoms with E-state index in [9.17, 15) is 0 Å². The summed E-state index contributed by atoms with van der Waals surface area (Å²) in [6.07, 6.45) is 2.72. The maximum Gasteiger partial charge on any atom is 0.110 e. The minimum Gasteiger partial charge on any atom is -0.345 e. The molecule has 0 radical (unpaired) electrons. The first kappa shape index (κ1) is 14.3. The molecule has 0 fully saturated rings. The van der Waals surface area contributed by atoms with E-state index < -0.39 is 0 Å². The summed E-state index contributed by atoms with van der Waals surface area (Å²) >= 11 is 3.56. The van der Waals surface area contributed by atoms with Crippen molar-refractivity contribution in [1.29, 1.82) is 0 Å². The predicted molar refractivity (Wildman–Crippen MR) is 82.1 cm³/mol. The first-order valence-electron chi connectivity index (χ1n) is 6.45. The van der Waals surface area contributed by atoms with Gasteiger partial charge in [0, 0.05) is 34.9 Å². The highest BCUT2D eigenvalue weighted by Crippen LogP contribution is 2.18. The molecule has 2 rings (SSSR count). The fourth-order valence-electron chi connectivity index (χ4n) is 1.77. The lowest BCUT2D eigenvalue weighted by Crippen LogP contribution is -2.35. The molecule has 0 atom stereocenters. The van der Waals surface area contributed by atoms with E-state index in [-0.39, 0.29) is 5.54 Å². The maximum absolute atomic E-state index is 4.44. The van der Waals surface area contributed by atoms with Crippen LogP contribution in [0.25, 0.3) is 0 Å². The molecule has 102 valence electrons. The van der Waals surface area contributed by atoms with Gasteiger partial charge < -0.3 is 10.3 Å². The Kier molecular flexibility index (Phi) is 4.42. The number of hydrogen-bond donors (Lipinski definition) is 2. The zero-order chi connectivity index (χ0) is 13.9. The predicted octanol–water partition coefficient (Wildman–Crippen LogP) is 3.65. The van der Waals surface area contributed by atoms with Gasteiger partial charge in [-0.3, -0.25) is 0 Å². The molecule has 1 heterocycles. The first-order valence-corrected chi connectivity index (χ1v) is 7.24. The van der Waals surface area contributed by atoms with Crippen molar-refractivity contribution in [3.8, 4) is 0 Å². The zero-order valence-corrected chi connectivity index (χ0v) is 13.2. The van der Waals surface area contributed by atoms with Gasteiger partial charge in [-0.2, -0.15) is 0 Å². The molecule has 2 N–H and O–H groups in total. The second-order valence-electron chi connectivity index (χ2n) is 5.73. The van der Waals surface area contributed by atoms with Gasteiger partial charge in [0.15, 0.2) is 0 Å². The smallest absolute Gasteiger partial charge is 0.110 e. The molecule has 0 amide bonds. The topological polar surface area (TPSA) is 40.7 Å². The van der Waals surface area contributed by atoms with Crippen LogP contribution in [0.15, 0.2) is 34.9 Å². The van der Waals surface area contributed by atoms with Gasteiger partial charge in [0.1, 0.15) is 5.82 Å². The van der Waals surface area contributed by atoms with E-state index in [4.69, 9.17) is 0 Å². The van der Waals surface area contributed by atoms with Crippen LogP contribution in [0.4, 0.5) is 0 Å². The van der Waals surface area contributed by atoms with Gasteiger partial charge in [0.2, 0.25) is 0 Å². The number of nitrogens with zero attached hydrogens (tertiary/aromatic N) is 1. The summed E-state index contributed by atoms with van der Waals surface area (Å²) in [7, 11) is 0. The van der Waals surface area contributed by atoms with Crippen molar-refractivity contribution in [3.63, 3.8) is 0 Å². The van der Waals surface area contributed by atoms with Crippen molar-refractivity contribution >= 4 is 15.9 Å². The summed E-state index contributed by atoms with van der Waals surface area (Å²) in [5, 5.41) is 3.45. The monoisotopic (exact) mass is 321 g/mol. The van der Waals surface area contributed by atoms with E-state index in [0.29, 0.717) is 0 Å². The summed E-state index contributed by atoms with van der Waals surface area (Å²) in [6.45, 7) is 7.29. The van der Waals surface area contributed by atoms with Crippen LogP contribution in [0, 0.1) is 0 Å². The SMILES string of the molecule is CC(C)(C)NCc1cnc(Cc2ccccc2Br)[nH]1. The highest BCUT2D eigenvalue weighted by Gasteiger charge is 2.10. The number of halogens is 1. The van der Waals surface area contributed by atoms with Crippen LogP contribution in [0.1, 0.15) is 37.9 Å². The third kappa shape index (κ3) is 4.48. The van der Waals surface area contributed by atoms with Crippen LogP contribution >= 0.6 is 15.9 Å². The number of rotatable bonds is 4. The lowest BCUT2D eigenvalue weighted by atomic mass is 10.1. The third-order valence-electron chi connectivity index (χ3n) is 2.81. The standard InChI is InChI=1S/C15H20BrN3/c1-15(2,3)18-10-12-9-17-14(19-12)8-11-6-4-5-7-13(11)16/h4-7,9,18H,8,10H2,1-3H3,(H,17,19). The Morgan fingerprint density at radius 3 is 2.68 bits per heavy atom. The zero-order valence-electron chi connectivity index (χ0n) is 11.6. The van der Waals surface area contributed by atoms with Gasteiger partial charge in [-0.1, -0.05) is 34.1 Å². The quantitative estimate of drug-likeness (QED) is 0.902. The van der Waals surface area contributed by atoms with E-state index in [1.165, 1.54) is 5.56 Å². The lowest BCUT2D eigenvalue weighted by molar-refractivity contribution is 0.421. The fourth-order valence-corrected chi connectivity index (χ4v) is 2.19. The Morgan fingerprint density at radius 1 is 1.26 bits per heavy atom. The number of benzene rings is 1. The number of nitrogens with one attached hydrogen (secondary N) is 2. The molecule has 0 aliphatic heterocycles. The van der Waals surface area contributed by atoms with Crippen LogP contribution in [-0.4, -0.2) is 15.5 Å². The summed E-state index contributed by atoms with van der Waals surface area (Å²) < 4.78 is 1.13. The van der Waals surface area contributed by atoms with Crippen molar-refractivity contribution < 1.29 is 0 Å². The molecule has 0 bridgehead atoms. The second kappa shape index (κ2) is 5.88. The summed E-state index contributed by atoms with van der Waals surface area (Å²) in [5.74, 6) is 0.998. The van der Waals surface area contributed by atoms with Crippen LogP contribution < -0.4 is 5.32 Å². The molecular formula is C15H20BrN3. The fraction of sp³-hybridized carbons (Fsp3) is 0.400. The molecule has 1 aromatic carbocycles. The Labute approximate surface area is 123 Å². The molecule has 19 heavy (non-hydrogen) atoms. The van der Waals surface area contributed by atoms with Crippen LogP contribution in [0.2, 0.25) is 0 Å². The summed E-state index contributed by atoms with van der Waals surface area (Å²) in [4.78, 5) is 7.80. The Hall–Kier alpha value is -1.13. The lowest BCUT2D eigenvalue weighted by Gasteiger charge is -2.19. The van der Waals surface area contributed by atoms with Crippen molar-refractivity contribution in [3.05, 3.63) is 52.0 Å². The van der Waals surface area contributed by atoms with Gasteiger partial charge in [-0.25, -0.2) is 4.98 Å². The van der Waals surface area contributed by atoms with E-state index >= 15 is 0 Å². The van der Waals surface area contributed by atoms with E-state index in [1.54, 1.807) is 0 Å². The molecule has 1 aromatic heterocycles. The molecule has 2 aromatic rings. The normalized spacial score (nSPS) is 11.8. The molecule has 0 aliphatic rings. The molecule has 0 spiro atoms. The Balaban J connectivity index is 2.00. The van der Waals surface area contributed by atoms with E-state index in [2.05, 4.69) is 64.1 Å². The average molecular weight is 322 g/mol. The first-order chi connectivity index (χ1) is 8.94. The minimum atomic E-state index is 0.119. The Bertz CT molecular complexity index is 540. The molecule has 0 saturated carbocycles. The summed E-state index contributed by atoms with van der Waals surface area (Å²) in [6, 6.07) is 8.24. The van der Waals surface area contributed by atoms with Crippen LogP contribution in [0.3, 0.4) is 0 Å². The van der Waals surface area contributed by atoms with Gasteiger partial charge in [-0.05, 0) is 32.4 Å². The number of aromatic amines is 1. The van der Waals surface area contributed by atoms with Crippen molar-refractivity contribution in [2.24, 2.45) is 0 Å². The van der Waals surface area contributed by atoms with Crippen molar-refractivity contribution in [2.45, 2.75) is 39.3 Å². The molecule has 4 heteroatoms. The number of imidazole rings is 1. The third-order valence-corrected chi connectivity index (χ3v) is 3.58. The van der Waals surface area contributed by atoms with Crippen molar-refractivity contribution in [1.82, 2.24) is 15.3 Å². The molecule has 0 aliphatic carbocycles. The second-order valence-corrected chi connectivity index (χ2v) is 6.58. The number of H-pyrrole nitrogens is 1. The van der Waals surface area contributed by atoms with Crippen LogP contribution in [0.5, 0.6) is 0 Å². The highest BCUT2D eigenvalue weighted by molar-refractivity contribution is 9.10. The largest absolute Gasteiger partial charge is 0.345 e. The molecular weight excluding hydrogens is 302 g/mol. The van der Waals surface area contributed by atoms with Gasteiger partial charge >= 0.3 is 0 Å². The van der Waals surface area contributed by atoms with Crippen LogP contribution in [-0.2, 0) is 13.0 Å². The highest BCUT2D eigenvalue weighted by atomic mass is 79.9. The molecule has 0 saturated heterocycles. The Morgan fingerprint density at radius 2 is 2.00 bits per heavy atom. The minimum absolute atomic E-state index is 0.119. The molecule has 0 unspecified atom stereocenters. The van der Waals surface area contributed by atoms with Gasteiger partial charge in [0.05, 0.1) is 0 Å². The van der Waals surface area contributed by atoms with Crippen molar-refractivity contribution in [2.75, 3.05) is 0 Å².